The second-order valence-electron chi connectivity index (χ2n) is 9.47. The van der Waals surface area contributed by atoms with Crippen molar-refractivity contribution in [3.8, 4) is 22.7 Å². The van der Waals surface area contributed by atoms with Crippen molar-refractivity contribution in [1.29, 1.82) is 0 Å². The molecule has 0 atom stereocenters. The van der Waals surface area contributed by atoms with Gasteiger partial charge >= 0.3 is 0 Å². The van der Waals surface area contributed by atoms with Gasteiger partial charge in [0.25, 0.3) is 5.91 Å². The molecule has 1 heterocycles. The second kappa shape index (κ2) is 12.0. The highest BCUT2D eigenvalue weighted by molar-refractivity contribution is 6.30. The van der Waals surface area contributed by atoms with E-state index in [2.05, 4.69) is 5.32 Å². The molecule has 0 aliphatic rings. The van der Waals surface area contributed by atoms with Gasteiger partial charge in [-0.3, -0.25) is 19.5 Å². The standard InChI is InChI=1S/C30H31ClN4O3/c1-20(2)17-34(29(37)26-8-6-5-7-21(26)3)19-28(36)33-30-32-27(22-9-11-23(31)12-10-22)18-35(30)24-13-15-25(38-4)16-14-24/h5-16,18,20H,17,19H2,1-4H3,(H,32,33,36). The summed E-state index contributed by atoms with van der Waals surface area (Å²) in [7, 11) is 1.61. The molecule has 8 heteroatoms. The van der Waals surface area contributed by atoms with E-state index in [9.17, 15) is 9.59 Å². The van der Waals surface area contributed by atoms with Crippen LogP contribution in [-0.4, -0.2) is 46.5 Å². The van der Waals surface area contributed by atoms with Gasteiger partial charge in [-0.25, -0.2) is 4.98 Å². The number of ether oxygens (including phenoxy) is 1. The molecule has 4 rings (SSSR count). The van der Waals surface area contributed by atoms with Crippen LogP contribution in [0.2, 0.25) is 5.02 Å². The van der Waals surface area contributed by atoms with Gasteiger partial charge in [-0.05, 0) is 60.9 Å². The predicted molar refractivity (Wildman–Crippen MR) is 151 cm³/mol. The molecule has 0 saturated heterocycles. The molecule has 1 aromatic heterocycles. The Morgan fingerprint density at radius 1 is 1.03 bits per heavy atom. The SMILES string of the molecule is COc1ccc(-n2cc(-c3ccc(Cl)cc3)nc2NC(=O)CN(CC(C)C)C(=O)c2ccccc2C)cc1. The third kappa shape index (κ3) is 6.42. The zero-order chi connectivity index (χ0) is 27.2. The quantitative estimate of drug-likeness (QED) is 0.277. The fourth-order valence-corrected chi connectivity index (χ4v) is 4.27. The van der Waals surface area contributed by atoms with E-state index in [4.69, 9.17) is 21.3 Å². The molecule has 2 amide bonds. The van der Waals surface area contributed by atoms with Crippen molar-refractivity contribution in [2.45, 2.75) is 20.8 Å². The van der Waals surface area contributed by atoms with Gasteiger partial charge in [0.05, 0.1) is 12.8 Å². The summed E-state index contributed by atoms with van der Waals surface area (Å²) in [6, 6.07) is 22.2. The molecule has 4 aromatic rings. The fraction of sp³-hybridized carbons (Fsp3) is 0.233. The van der Waals surface area contributed by atoms with Crippen molar-refractivity contribution < 1.29 is 14.3 Å². The topological polar surface area (TPSA) is 76.5 Å². The van der Waals surface area contributed by atoms with E-state index < -0.39 is 0 Å². The molecule has 7 nitrogen and oxygen atoms in total. The minimum absolute atomic E-state index is 0.100. The molecular formula is C30H31ClN4O3. The number of amides is 2. The normalized spacial score (nSPS) is 10.9. The van der Waals surface area contributed by atoms with Crippen LogP contribution in [0.4, 0.5) is 5.95 Å². The van der Waals surface area contributed by atoms with E-state index in [0.717, 1.165) is 22.6 Å². The smallest absolute Gasteiger partial charge is 0.254 e. The van der Waals surface area contributed by atoms with E-state index in [1.54, 1.807) is 34.8 Å². The van der Waals surface area contributed by atoms with Gasteiger partial charge in [0, 0.05) is 34.6 Å². The molecule has 0 aliphatic carbocycles. The van der Waals surface area contributed by atoms with Crippen molar-refractivity contribution in [2.75, 3.05) is 25.5 Å². The van der Waals surface area contributed by atoms with Gasteiger partial charge in [0.15, 0.2) is 0 Å². The van der Waals surface area contributed by atoms with E-state index in [1.807, 2.05) is 81.6 Å². The van der Waals surface area contributed by atoms with Gasteiger partial charge in [0.1, 0.15) is 12.3 Å². The predicted octanol–water partition coefficient (Wildman–Crippen LogP) is 6.25. The summed E-state index contributed by atoms with van der Waals surface area (Å²) >= 11 is 6.07. The molecule has 0 fully saturated rings. The molecule has 0 radical (unpaired) electrons. The van der Waals surface area contributed by atoms with Crippen molar-refractivity contribution in [1.82, 2.24) is 14.5 Å². The van der Waals surface area contributed by atoms with Crippen molar-refractivity contribution in [2.24, 2.45) is 5.92 Å². The first-order valence-corrected chi connectivity index (χ1v) is 12.8. The number of benzene rings is 3. The molecule has 3 aromatic carbocycles. The van der Waals surface area contributed by atoms with E-state index in [1.165, 1.54) is 0 Å². The molecule has 0 unspecified atom stereocenters. The number of imidazole rings is 1. The maximum absolute atomic E-state index is 13.4. The second-order valence-corrected chi connectivity index (χ2v) is 9.90. The lowest BCUT2D eigenvalue weighted by atomic mass is 10.1. The molecule has 0 aliphatic heterocycles. The number of carbonyl (C=O) groups is 2. The van der Waals surface area contributed by atoms with E-state index in [0.29, 0.717) is 28.8 Å². The highest BCUT2D eigenvalue weighted by atomic mass is 35.5. The first-order valence-electron chi connectivity index (χ1n) is 12.4. The lowest BCUT2D eigenvalue weighted by Crippen LogP contribution is -2.40. The number of nitrogens with zero attached hydrogens (tertiary/aromatic N) is 3. The maximum Gasteiger partial charge on any atom is 0.254 e. The first-order chi connectivity index (χ1) is 18.2. The number of halogens is 1. The average Bonchev–Trinajstić information content (AvgIpc) is 3.31. The average molecular weight is 531 g/mol. The highest BCUT2D eigenvalue weighted by Crippen LogP contribution is 2.26. The van der Waals surface area contributed by atoms with Crippen LogP contribution in [0.15, 0.2) is 79.0 Å². The van der Waals surface area contributed by atoms with Crippen molar-refractivity contribution in [3.63, 3.8) is 0 Å². The monoisotopic (exact) mass is 530 g/mol. The third-order valence-electron chi connectivity index (χ3n) is 6.03. The lowest BCUT2D eigenvalue weighted by Gasteiger charge is -2.25. The number of anilines is 1. The van der Waals surface area contributed by atoms with Crippen LogP contribution in [0, 0.1) is 12.8 Å². The molecule has 0 bridgehead atoms. The van der Waals surface area contributed by atoms with Crippen LogP contribution in [0.5, 0.6) is 5.75 Å². The van der Waals surface area contributed by atoms with Crippen LogP contribution in [0.25, 0.3) is 16.9 Å². The van der Waals surface area contributed by atoms with E-state index >= 15 is 0 Å². The molecule has 1 N–H and O–H groups in total. The van der Waals surface area contributed by atoms with Gasteiger partial charge < -0.3 is 9.64 Å². The number of aromatic nitrogens is 2. The summed E-state index contributed by atoms with van der Waals surface area (Å²) in [4.78, 5) is 33.0. The Labute approximate surface area is 228 Å². The van der Waals surface area contributed by atoms with Gasteiger partial charge in [-0.15, -0.1) is 0 Å². The Balaban J connectivity index is 1.63. The molecule has 196 valence electrons. The highest BCUT2D eigenvalue weighted by Gasteiger charge is 2.22. The Hall–Kier alpha value is -4.10. The van der Waals surface area contributed by atoms with Crippen LogP contribution in [0.1, 0.15) is 29.8 Å². The number of aryl methyl sites for hydroxylation is 1. The van der Waals surface area contributed by atoms with Crippen LogP contribution < -0.4 is 10.1 Å². The molecule has 0 saturated carbocycles. The number of nitrogens with one attached hydrogen (secondary N) is 1. The summed E-state index contributed by atoms with van der Waals surface area (Å²) in [5.41, 5.74) is 3.78. The summed E-state index contributed by atoms with van der Waals surface area (Å²) in [5, 5.41) is 3.55. The minimum Gasteiger partial charge on any atom is -0.497 e. The van der Waals surface area contributed by atoms with E-state index in [-0.39, 0.29) is 24.3 Å². The fourth-order valence-electron chi connectivity index (χ4n) is 4.15. The zero-order valence-electron chi connectivity index (χ0n) is 21.9. The van der Waals surface area contributed by atoms with Crippen molar-refractivity contribution in [3.05, 3.63) is 95.1 Å². The Morgan fingerprint density at radius 3 is 2.34 bits per heavy atom. The largest absolute Gasteiger partial charge is 0.497 e. The molecular weight excluding hydrogens is 500 g/mol. The summed E-state index contributed by atoms with van der Waals surface area (Å²) in [6.07, 6.45) is 1.85. The number of methoxy groups -OCH3 is 1. The molecule has 38 heavy (non-hydrogen) atoms. The number of hydrogen-bond donors (Lipinski definition) is 1. The van der Waals surface area contributed by atoms with Gasteiger partial charge in [-0.1, -0.05) is 55.8 Å². The summed E-state index contributed by atoms with van der Waals surface area (Å²) in [5.74, 6) is 0.742. The van der Waals surface area contributed by atoms with Gasteiger partial charge in [-0.2, -0.15) is 0 Å². The summed E-state index contributed by atoms with van der Waals surface area (Å²) in [6.45, 7) is 6.28. The maximum atomic E-state index is 13.4. The number of carbonyl (C=O) groups excluding carboxylic acids is 2. The van der Waals surface area contributed by atoms with Crippen molar-refractivity contribution >= 4 is 29.4 Å². The zero-order valence-corrected chi connectivity index (χ0v) is 22.7. The lowest BCUT2D eigenvalue weighted by molar-refractivity contribution is -0.117. The summed E-state index contributed by atoms with van der Waals surface area (Å²) < 4.78 is 7.09. The molecule has 0 spiro atoms. The Kier molecular flexibility index (Phi) is 8.48. The minimum atomic E-state index is -0.337. The Bertz CT molecular complexity index is 1410. The number of rotatable bonds is 9. The van der Waals surface area contributed by atoms with Crippen LogP contribution in [0.3, 0.4) is 0 Å². The third-order valence-corrected chi connectivity index (χ3v) is 6.28. The van der Waals surface area contributed by atoms with Crippen LogP contribution in [-0.2, 0) is 4.79 Å². The van der Waals surface area contributed by atoms with Gasteiger partial charge in [0.2, 0.25) is 11.9 Å². The van der Waals surface area contributed by atoms with Crippen LogP contribution >= 0.6 is 11.6 Å². The number of hydrogen-bond acceptors (Lipinski definition) is 4. The Morgan fingerprint density at radius 2 is 1.71 bits per heavy atom. The first kappa shape index (κ1) is 26.9.